The number of hydrogen-bond donors (Lipinski definition) is 1. The SMILES string of the molecule is COC(CC(=O)O)Cn1nnnc1-c1ccc(F)c(F)c1. The zero-order valence-corrected chi connectivity index (χ0v) is 11.0. The van der Waals surface area contributed by atoms with Crippen LogP contribution >= 0.6 is 0 Å². The van der Waals surface area contributed by atoms with E-state index in [1.807, 2.05) is 0 Å². The maximum absolute atomic E-state index is 13.2. The molecule has 2 aromatic rings. The second-order valence-corrected chi connectivity index (χ2v) is 4.27. The minimum atomic E-state index is -1.02. The highest BCUT2D eigenvalue weighted by Crippen LogP contribution is 2.19. The number of benzene rings is 1. The van der Waals surface area contributed by atoms with Gasteiger partial charge in [-0.2, -0.15) is 0 Å². The molecule has 1 atom stereocenters. The highest BCUT2D eigenvalue weighted by Gasteiger charge is 2.18. The third-order valence-electron chi connectivity index (χ3n) is 2.82. The third-order valence-corrected chi connectivity index (χ3v) is 2.82. The van der Waals surface area contributed by atoms with E-state index in [4.69, 9.17) is 9.84 Å². The highest BCUT2D eigenvalue weighted by molar-refractivity contribution is 5.67. The fourth-order valence-electron chi connectivity index (χ4n) is 1.78. The van der Waals surface area contributed by atoms with Gasteiger partial charge in [0.05, 0.1) is 19.1 Å². The van der Waals surface area contributed by atoms with Gasteiger partial charge in [0.2, 0.25) is 0 Å². The second-order valence-electron chi connectivity index (χ2n) is 4.27. The number of aliphatic carboxylic acids is 1. The van der Waals surface area contributed by atoms with Crippen molar-refractivity contribution in [3.8, 4) is 11.4 Å². The molecule has 0 aliphatic rings. The monoisotopic (exact) mass is 298 g/mol. The Labute approximate surface area is 118 Å². The van der Waals surface area contributed by atoms with Crippen molar-refractivity contribution >= 4 is 5.97 Å². The molecule has 0 bridgehead atoms. The second kappa shape index (κ2) is 6.35. The Morgan fingerprint density at radius 3 is 2.81 bits per heavy atom. The summed E-state index contributed by atoms with van der Waals surface area (Å²) in [6.45, 7) is 0.0735. The van der Waals surface area contributed by atoms with Crippen molar-refractivity contribution < 1.29 is 23.4 Å². The van der Waals surface area contributed by atoms with Crippen LogP contribution in [0.4, 0.5) is 8.78 Å². The van der Waals surface area contributed by atoms with Crippen molar-refractivity contribution in [2.75, 3.05) is 7.11 Å². The maximum atomic E-state index is 13.2. The molecule has 0 saturated heterocycles. The van der Waals surface area contributed by atoms with E-state index in [-0.39, 0.29) is 24.4 Å². The van der Waals surface area contributed by atoms with Gasteiger partial charge in [-0.1, -0.05) is 0 Å². The van der Waals surface area contributed by atoms with Crippen LogP contribution in [0.3, 0.4) is 0 Å². The average Bonchev–Trinajstić information content (AvgIpc) is 2.88. The maximum Gasteiger partial charge on any atom is 0.306 e. The minimum Gasteiger partial charge on any atom is -0.481 e. The number of carboxylic acids is 1. The number of carboxylic acid groups (broad SMARTS) is 1. The number of halogens is 2. The lowest BCUT2D eigenvalue weighted by molar-refractivity contribution is -0.140. The molecule has 112 valence electrons. The van der Waals surface area contributed by atoms with E-state index in [1.54, 1.807) is 0 Å². The summed E-state index contributed by atoms with van der Waals surface area (Å²) in [5.74, 6) is -2.82. The van der Waals surface area contributed by atoms with E-state index >= 15 is 0 Å². The van der Waals surface area contributed by atoms with E-state index in [0.29, 0.717) is 0 Å². The third kappa shape index (κ3) is 3.57. The fraction of sp³-hybridized carbons (Fsp3) is 0.333. The zero-order chi connectivity index (χ0) is 15.4. The molecule has 0 spiro atoms. The Kier molecular flexibility index (Phi) is 4.53. The molecule has 0 amide bonds. The summed E-state index contributed by atoms with van der Waals surface area (Å²) in [4.78, 5) is 10.7. The fourth-order valence-corrected chi connectivity index (χ4v) is 1.78. The van der Waals surface area contributed by atoms with Crippen molar-refractivity contribution in [1.82, 2.24) is 20.2 Å². The molecular weight excluding hydrogens is 286 g/mol. The summed E-state index contributed by atoms with van der Waals surface area (Å²) in [5, 5.41) is 19.7. The molecule has 1 aromatic carbocycles. The summed E-state index contributed by atoms with van der Waals surface area (Å²) in [5.41, 5.74) is 0.282. The first-order valence-corrected chi connectivity index (χ1v) is 5.97. The number of tetrazole rings is 1. The van der Waals surface area contributed by atoms with E-state index in [0.717, 1.165) is 12.1 Å². The molecule has 1 heterocycles. The first kappa shape index (κ1) is 15.0. The molecule has 0 saturated carbocycles. The molecule has 21 heavy (non-hydrogen) atoms. The van der Waals surface area contributed by atoms with Gasteiger partial charge in [-0.25, -0.2) is 13.5 Å². The Balaban J connectivity index is 2.25. The largest absolute Gasteiger partial charge is 0.481 e. The lowest BCUT2D eigenvalue weighted by atomic mass is 10.2. The topological polar surface area (TPSA) is 90.1 Å². The summed E-state index contributed by atoms with van der Waals surface area (Å²) in [7, 11) is 1.37. The van der Waals surface area contributed by atoms with Crippen LogP contribution in [0.5, 0.6) is 0 Å². The van der Waals surface area contributed by atoms with Crippen molar-refractivity contribution in [3.05, 3.63) is 29.8 Å². The first-order chi connectivity index (χ1) is 10.0. The van der Waals surface area contributed by atoms with Crippen LogP contribution < -0.4 is 0 Å². The standard InChI is InChI=1S/C12H12F2N4O3/c1-21-8(5-11(19)20)6-18-12(15-16-17-18)7-2-3-9(13)10(14)4-7/h2-4,8H,5-6H2,1H3,(H,19,20). The number of nitrogens with zero attached hydrogens (tertiary/aromatic N) is 4. The summed E-state index contributed by atoms with van der Waals surface area (Å²) < 4.78 is 32.5. The van der Waals surface area contributed by atoms with Gasteiger partial charge in [0.15, 0.2) is 17.5 Å². The van der Waals surface area contributed by atoms with Gasteiger partial charge < -0.3 is 9.84 Å². The van der Waals surface area contributed by atoms with Gasteiger partial charge in [0.1, 0.15) is 0 Å². The van der Waals surface area contributed by atoms with Crippen molar-refractivity contribution in [2.45, 2.75) is 19.1 Å². The first-order valence-electron chi connectivity index (χ1n) is 5.97. The van der Waals surface area contributed by atoms with E-state index in [1.165, 1.54) is 17.9 Å². The molecule has 0 aliphatic heterocycles. The van der Waals surface area contributed by atoms with E-state index < -0.39 is 23.7 Å². The summed E-state index contributed by atoms with van der Waals surface area (Å²) in [6.07, 6.45) is -0.872. The number of ether oxygens (including phenoxy) is 1. The lowest BCUT2D eigenvalue weighted by Gasteiger charge is -2.13. The van der Waals surface area contributed by atoms with Crippen molar-refractivity contribution in [1.29, 1.82) is 0 Å². The molecule has 0 aliphatic carbocycles. The molecule has 1 aromatic heterocycles. The number of aromatic nitrogens is 4. The van der Waals surface area contributed by atoms with Gasteiger partial charge in [-0.05, 0) is 28.6 Å². The molecule has 0 fully saturated rings. The Bertz CT molecular complexity index is 647. The van der Waals surface area contributed by atoms with Crippen LogP contribution in [0.25, 0.3) is 11.4 Å². The number of hydrogen-bond acceptors (Lipinski definition) is 5. The highest BCUT2D eigenvalue weighted by atomic mass is 19.2. The predicted molar refractivity (Wildman–Crippen MR) is 66.2 cm³/mol. The number of carbonyl (C=O) groups is 1. The van der Waals surface area contributed by atoms with Crippen LogP contribution in [0.15, 0.2) is 18.2 Å². The van der Waals surface area contributed by atoms with Crippen LogP contribution in [-0.2, 0) is 16.1 Å². The Morgan fingerprint density at radius 2 is 2.19 bits per heavy atom. The minimum absolute atomic E-state index is 0.0735. The van der Waals surface area contributed by atoms with E-state index in [2.05, 4.69) is 15.5 Å². The van der Waals surface area contributed by atoms with Crippen molar-refractivity contribution in [2.24, 2.45) is 0 Å². The average molecular weight is 298 g/mol. The van der Waals surface area contributed by atoms with Gasteiger partial charge in [-0.3, -0.25) is 4.79 Å². The smallest absolute Gasteiger partial charge is 0.306 e. The quantitative estimate of drug-likeness (QED) is 0.859. The number of methoxy groups -OCH3 is 1. The van der Waals surface area contributed by atoms with Crippen LogP contribution in [-0.4, -0.2) is 44.5 Å². The summed E-state index contributed by atoms with van der Waals surface area (Å²) >= 11 is 0. The predicted octanol–water partition coefficient (Wildman–Crippen LogP) is 1.11. The Morgan fingerprint density at radius 1 is 1.43 bits per heavy atom. The van der Waals surface area contributed by atoms with Crippen LogP contribution in [0.2, 0.25) is 0 Å². The molecule has 1 unspecified atom stereocenters. The Hall–Kier alpha value is -2.42. The van der Waals surface area contributed by atoms with Crippen LogP contribution in [0.1, 0.15) is 6.42 Å². The lowest BCUT2D eigenvalue weighted by Crippen LogP contribution is -2.23. The van der Waals surface area contributed by atoms with Crippen molar-refractivity contribution in [3.63, 3.8) is 0 Å². The van der Waals surface area contributed by atoms with Gasteiger partial charge >= 0.3 is 5.97 Å². The normalized spacial score (nSPS) is 12.3. The molecule has 7 nitrogen and oxygen atoms in total. The summed E-state index contributed by atoms with van der Waals surface area (Å²) in [6, 6.07) is 3.27. The number of rotatable bonds is 6. The van der Waals surface area contributed by atoms with Gasteiger partial charge in [0.25, 0.3) is 0 Å². The van der Waals surface area contributed by atoms with E-state index in [9.17, 15) is 13.6 Å². The van der Waals surface area contributed by atoms with Crippen LogP contribution in [0, 0.1) is 11.6 Å². The molecule has 9 heteroatoms. The molecule has 0 radical (unpaired) electrons. The van der Waals surface area contributed by atoms with Gasteiger partial charge in [0, 0.05) is 12.7 Å². The molecular formula is C12H12F2N4O3. The zero-order valence-electron chi connectivity index (χ0n) is 11.0. The molecule has 1 N–H and O–H groups in total. The molecule has 2 rings (SSSR count). The van der Waals surface area contributed by atoms with Gasteiger partial charge in [-0.15, -0.1) is 5.10 Å².